The molecule has 0 aromatic heterocycles. The number of aromatic hydroxyl groups is 1. The van der Waals surface area contributed by atoms with E-state index in [1.807, 2.05) is 6.07 Å². The molecule has 1 aromatic rings. The van der Waals surface area contributed by atoms with Crippen LogP contribution in [-0.2, 0) is 10.8 Å². The zero-order chi connectivity index (χ0) is 18.0. The molecule has 1 rings (SSSR count). The SMILES string of the molecule is CCCCCC(C)(C)c1cc(C(C)(C)C)c(C)c(C(=O)O)c1O. The molecule has 1 aromatic carbocycles. The Kier molecular flexibility index (Phi) is 5.89. The van der Waals surface area contributed by atoms with Gasteiger partial charge in [-0.25, -0.2) is 4.79 Å². The van der Waals surface area contributed by atoms with E-state index in [4.69, 9.17) is 0 Å². The predicted octanol–water partition coefficient (Wildman–Crippen LogP) is 5.55. The van der Waals surface area contributed by atoms with Crippen LogP contribution in [0.3, 0.4) is 0 Å². The van der Waals surface area contributed by atoms with Crippen molar-refractivity contribution in [1.82, 2.24) is 0 Å². The Morgan fingerprint density at radius 2 is 1.65 bits per heavy atom. The highest BCUT2D eigenvalue weighted by molar-refractivity contribution is 5.93. The Hall–Kier alpha value is -1.51. The zero-order valence-corrected chi connectivity index (χ0v) is 15.7. The van der Waals surface area contributed by atoms with E-state index in [9.17, 15) is 15.0 Å². The molecule has 0 bridgehead atoms. The number of carbonyl (C=O) groups is 1. The maximum absolute atomic E-state index is 11.7. The van der Waals surface area contributed by atoms with Crippen LogP contribution in [0.25, 0.3) is 0 Å². The molecule has 0 fully saturated rings. The summed E-state index contributed by atoms with van der Waals surface area (Å²) in [5.41, 5.74) is 2.03. The van der Waals surface area contributed by atoms with Crippen molar-refractivity contribution >= 4 is 5.97 Å². The summed E-state index contributed by atoms with van der Waals surface area (Å²) in [6, 6.07) is 2.02. The highest BCUT2D eigenvalue weighted by Gasteiger charge is 2.31. The maximum Gasteiger partial charge on any atom is 0.339 e. The summed E-state index contributed by atoms with van der Waals surface area (Å²) in [5, 5.41) is 20.2. The fourth-order valence-electron chi connectivity index (χ4n) is 3.28. The van der Waals surface area contributed by atoms with Crippen molar-refractivity contribution in [1.29, 1.82) is 0 Å². The molecule has 3 heteroatoms. The molecule has 0 saturated heterocycles. The summed E-state index contributed by atoms with van der Waals surface area (Å²) in [5.74, 6) is -1.12. The van der Waals surface area contributed by atoms with E-state index in [2.05, 4.69) is 41.5 Å². The Bertz CT molecular complexity index is 578. The summed E-state index contributed by atoms with van der Waals surface area (Å²) >= 11 is 0. The summed E-state index contributed by atoms with van der Waals surface area (Å²) in [6.45, 7) is 14.4. The van der Waals surface area contributed by atoms with Crippen molar-refractivity contribution in [2.45, 2.75) is 85.0 Å². The second-order valence-corrected chi connectivity index (χ2v) is 8.22. The van der Waals surface area contributed by atoms with Gasteiger partial charge in [0.05, 0.1) is 0 Å². The quantitative estimate of drug-likeness (QED) is 0.675. The molecule has 3 nitrogen and oxygen atoms in total. The fraction of sp³-hybridized carbons (Fsp3) is 0.650. The minimum absolute atomic E-state index is 0.0518. The molecule has 0 spiro atoms. The molecule has 0 aliphatic heterocycles. The number of carboxylic acids is 1. The average Bonchev–Trinajstić information content (AvgIpc) is 2.36. The van der Waals surface area contributed by atoms with Crippen molar-refractivity contribution in [3.8, 4) is 5.75 Å². The lowest BCUT2D eigenvalue weighted by atomic mass is 9.74. The zero-order valence-electron chi connectivity index (χ0n) is 15.7. The summed E-state index contributed by atoms with van der Waals surface area (Å²) < 4.78 is 0. The van der Waals surface area contributed by atoms with Gasteiger partial charge in [-0.05, 0) is 35.3 Å². The molecular formula is C20H32O3. The number of phenols is 1. The molecule has 2 N–H and O–H groups in total. The first kappa shape index (κ1) is 19.5. The first-order valence-electron chi connectivity index (χ1n) is 8.54. The van der Waals surface area contributed by atoms with E-state index >= 15 is 0 Å². The number of aromatic carboxylic acids is 1. The standard InChI is InChI=1S/C20H32O3/c1-8-9-10-11-20(6,7)15-12-14(19(3,4)5)13(2)16(17(15)21)18(22)23/h12,21H,8-11H2,1-7H3,(H,22,23). The summed E-state index contributed by atoms with van der Waals surface area (Å²) in [7, 11) is 0. The number of carboxylic acid groups (broad SMARTS) is 1. The van der Waals surface area contributed by atoms with Crippen LogP contribution in [-0.4, -0.2) is 16.2 Å². The van der Waals surface area contributed by atoms with Crippen molar-refractivity contribution in [3.05, 3.63) is 28.3 Å². The monoisotopic (exact) mass is 320 g/mol. The third kappa shape index (κ3) is 4.27. The predicted molar refractivity (Wildman–Crippen MR) is 95.7 cm³/mol. The smallest absolute Gasteiger partial charge is 0.339 e. The van der Waals surface area contributed by atoms with Gasteiger partial charge in [0.25, 0.3) is 0 Å². The molecule has 0 unspecified atom stereocenters. The van der Waals surface area contributed by atoms with Gasteiger partial charge in [0.15, 0.2) is 0 Å². The lowest BCUT2D eigenvalue weighted by Crippen LogP contribution is -2.23. The lowest BCUT2D eigenvalue weighted by molar-refractivity contribution is 0.0692. The van der Waals surface area contributed by atoms with E-state index in [1.165, 1.54) is 0 Å². The Morgan fingerprint density at radius 1 is 1.09 bits per heavy atom. The Labute approximate surface area is 140 Å². The van der Waals surface area contributed by atoms with E-state index in [0.29, 0.717) is 5.56 Å². The number of rotatable bonds is 6. The van der Waals surface area contributed by atoms with Crippen LogP contribution in [0.1, 0.15) is 94.3 Å². The van der Waals surface area contributed by atoms with Gasteiger partial charge in [0, 0.05) is 5.56 Å². The second kappa shape index (κ2) is 6.94. The molecule has 0 atom stereocenters. The van der Waals surface area contributed by atoms with Gasteiger partial charge in [0.2, 0.25) is 0 Å². The van der Waals surface area contributed by atoms with Crippen LogP contribution in [0.2, 0.25) is 0 Å². The second-order valence-electron chi connectivity index (χ2n) is 8.22. The van der Waals surface area contributed by atoms with Crippen LogP contribution < -0.4 is 0 Å². The van der Waals surface area contributed by atoms with Crippen LogP contribution in [0, 0.1) is 6.92 Å². The first-order valence-corrected chi connectivity index (χ1v) is 8.54. The lowest BCUT2D eigenvalue weighted by Gasteiger charge is -2.31. The molecule has 23 heavy (non-hydrogen) atoms. The molecule has 130 valence electrons. The molecule has 0 aliphatic carbocycles. The van der Waals surface area contributed by atoms with Crippen molar-refractivity contribution in [3.63, 3.8) is 0 Å². The summed E-state index contributed by atoms with van der Waals surface area (Å²) in [6.07, 6.45) is 4.29. The normalized spacial score (nSPS) is 12.5. The molecule has 0 heterocycles. The van der Waals surface area contributed by atoms with Gasteiger partial charge < -0.3 is 10.2 Å². The number of hydrogen-bond donors (Lipinski definition) is 2. The highest BCUT2D eigenvalue weighted by Crippen LogP contribution is 2.42. The molecule has 0 aliphatic rings. The van der Waals surface area contributed by atoms with E-state index in [1.54, 1.807) is 6.92 Å². The van der Waals surface area contributed by atoms with E-state index in [-0.39, 0.29) is 22.1 Å². The van der Waals surface area contributed by atoms with Gasteiger partial charge in [-0.2, -0.15) is 0 Å². The van der Waals surface area contributed by atoms with Crippen LogP contribution >= 0.6 is 0 Å². The van der Waals surface area contributed by atoms with E-state index < -0.39 is 5.97 Å². The van der Waals surface area contributed by atoms with Crippen molar-refractivity contribution in [2.24, 2.45) is 0 Å². The first-order chi connectivity index (χ1) is 10.4. The third-order valence-electron chi connectivity index (χ3n) is 4.72. The average molecular weight is 320 g/mol. The minimum atomic E-state index is -1.06. The van der Waals surface area contributed by atoms with E-state index in [0.717, 1.165) is 36.8 Å². The molecular weight excluding hydrogens is 288 g/mol. The van der Waals surface area contributed by atoms with Crippen LogP contribution in [0.5, 0.6) is 5.75 Å². The van der Waals surface area contributed by atoms with Crippen molar-refractivity contribution < 1.29 is 15.0 Å². The Morgan fingerprint density at radius 3 is 2.09 bits per heavy atom. The number of hydrogen-bond acceptors (Lipinski definition) is 2. The van der Waals surface area contributed by atoms with Gasteiger partial charge in [0.1, 0.15) is 11.3 Å². The van der Waals surface area contributed by atoms with Crippen LogP contribution in [0.4, 0.5) is 0 Å². The van der Waals surface area contributed by atoms with Crippen molar-refractivity contribution in [2.75, 3.05) is 0 Å². The van der Waals surface area contributed by atoms with Gasteiger partial charge in [-0.15, -0.1) is 0 Å². The van der Waals surface area contributed by atoms with Gasteiger partial charge in [-0.1, -0.05) is 66.9 Å². The summed E-state index contributed by atoms with van der Waals surface area (Å²) in [4.78, 5) is 11.7. The number of benzene rings is 1. The number of unbranched alkanes of at least 4 members (excludes halogenated alkanes) is 2. The largest absolute Gasteiger partial charge is 0.507 e. The highest BCUT2D eigenvalue weighted by atomic mass is 16.4. The third-order valence-corrected chi connectivity index (χ3v) is 4.72. The van der Waals surface area contributed by atoms with Gasteiger partial charge >= 0.3 is 5.97 Å². The topological polar surface area (TPSA) is 57.5 Å². The Balaban J connectivity index is 3.54. The molecule has 0 amide bonds. The fourth-order valence-corrected chi connectivity index (χ4v) is 3.28. The maximum atomic E-state index is 11.7. The van der Waals surface area contributed by atoms with Gasteiger partial charge in [-0.3, -0.25) is 0 Å². The molecule has 0 radical (unpaired) electrons. The minimum Gasteiger partial charge on any atom is -0.507 e. The molecule has 0 saturated carbocycles. The van der Waals surface area contributed by atoms with Crippen LogP contribution in [0.15, 0.2) is 6.07 Å².